The zero-order valence-electron chi connectivity index (χ0n) is 13.3. The summed E-state index contributed by atoms with van der Waals surface area (Å²) in [5.41, 5.74) is 4.77. The summed E-state index contributed by atoms with van der Waals surface area (Å²) < 4.78 is 9.07. The standard InChI is InChI=1S/C6H10BNO.C6H11NO2.C2HBO2/c1-6(3-2-4-6)8-5(7)9;7-4-6(5(8)9)2-1-3-6;4-2-1-3-5/h2-4H2,1H3,(H,8,9);1-4,7H2,(H,8,9);4H. The van der Waals surface area contributed by atoms with Gasteiger partial charge in [0.2, 0.25) is 7.85 Å². The van der Waals surface area contributed by atoms with E-state index in [0.717, 1.165) is 32.1 Å². The minimum absolute atomic E-state index is 0.0197. The van der Waals surface area contributed by atoms with E-state index < -0.39 is 17.2 Å². The Balaban J connectivity index is 0.000000332. The molecule has 7 nitrogen and oxygen atoms in total. The molecule has 9 heteroatoms. The third-order valence-electron chi connectivity index (χ3n) is 4.16. The Morgan fingerprint density at radius 1 is 1.30 bits per heavy atom. The van der Waals surface area contributed by atoms with Gasteiger partial charge in [-0.1, -0.05) is 6.42 Å². The van der Waals surface area contributed by atoms with Crippen LogP contribution in [-0.4, -0.2) is 49.1 Å². The van der Waals surface area contributed by atoms with Crippen molar-refractivity contribution in [2.75, 3.05) is 6.54 Å². The number of carboxylic acids is 1. The summed E-state index contributed by atoms with van der Waals surface area (Å²) in [5.74, 6) is 0.605. The van der Waals surface area contributed by atoms with Crippen molar-refractivity contribution in [1.29, 1.82) is 0 Å². The van der Waals surface area contributed by atoms with Crippen LogP contribution in [-0.2, 0) is 9.50 Å². The van der Waals surface area contributed by atoms with Crippen LogP contribution < -0.4 is 11.1 Å². The molecule has 0 atom stereocenters. The topological polar surface area (TPSA) is 130 Å². The number of carboxylic acid groups (broad SMARTS) is 1. The molecule has 5 N–H and O–H groups in total. The number of carbonyl (C=O) groups is 2. The molecule has 0 heterocycles. The fourth-order valence-corrected chi connectivity index (χ4v) is 2.26. The summed E-state index contributed by atoms with van der Waals surface area (Å²) in [4.78, 5) is 20.8. The third-order valence-corrected chi connectivity index (χ3v) is 4.16. The number of amides is 1. The van der Waals surface area contributed by atoms with E-state index in [9.17, 15) is 9.59 Å². The normalized spacial score (nSPS) is 18.3. The first kappa shape index (κ1) is 21.2. The van der Waals surface area contributed by atoms with Crippen molar-refractivity contribution in [3.63, 3.8) is 0 Å². The van der Waals surface area contributed by atoms with Crippen molar-refractivity contribution in [2.45, 2.75) is 51.0 Å². The molecular weight excluding hydrogens is 298 g/mol. The van der Waals surface area contributed by atoms with Gasteiger partial charge in [0, 0.05) is 12.1 Å². The van der Waals surface area contributed by atoms with Crippen molar-refractivity contribution < 1.29 is 24.5 Å². The summed E-state index contributed by atoms with van der Waals surface area (Å²) in [6.45, 7) is 2.31. The van der Waals surface area contributed by atoms with Crippen LogP contribution >= 0.6 is 0 Å². The summed E-state index contributed by atoms with van der Waals surface area (Å²) >= 11 is 0. The monoisotopic (exact) mass is 320 g/mol. The summed E-state index contributed by atoms with van der Waals surface area (Å²) in [5, 5.41) is 18.8. The quantitative estimate of drug-likeness (QED) is 0.438. The number of nitrogens with one attached hydrogen (secondary N) is 1. The minimum Gasteiger partial charge on any atom is -0.361 e. The van der Waals surface area contributed by atoms with Gasteiger partial charge in [-0.15, -0.1) is 0 Å². The smallest absolute Gasteiger partial charge is 0.200 e. The zero-order valence-corrected chi connectivity index (χ0v) is 13.3. The van der Waals surface area contributed by atoms with Gasteiger partial charge in [0.15, 0.2) is 5.81 Å². The first-order chi connectivity index (χ1) is 10.7. The van der Waals surface area contributed by atoms with E-state index in [1.54, 1.807) is 5.82 Å². The Kier molecular flexibility index (Phi) is 9.27. The average molecular weight is 320 g/mol. The Labute approximate surface area is 138 Å². The molecule has 1 amide bonds. The molecule has 2 aliphatic rings. The number of aliphatic carboxylic acids is 1. The van der Waals surface area contributed by atoms with Gasteiger partial charge in [-0.3, -0.25) is 9.59 Å². The fraction of sp³-hybridized carbons (Fsp3) is 0.714. The Bertz CT molecular complexity index is 474. The van der Waals surface area contributed by atoms with Crippen molar-refractivity contribution in [3.8, 4) is 11.9 Å². The number of rotatable bonds is 3. The largest absolute Gasteiger partial charge is 0.361 e. The van der Waals surface area contributed by atoms with Gasteiger partial charge in [-0.2, -0.15) is 0 Å². The zero-order chi connectivity index (χ0) is 17.9. The number of hydrogen-bond acceptors (Lipinski definition) is 5. The molecule has 0 bridgehead atoms. The molecule has 0 aliphatic heterocycles. The average Bonchev–Trinajstić information content (AvgIpc) is 2.37. The van der Waals surface area contributed by atoms with Crippen molar-refractivity contribution in [2.24, 2.45) is 11.1 Å². The molecule has 2 saturated carbocycles. The number of aliphatic hydroxyl groups excluding tert-OH is 1. The van der Waals surface area contributed by atoms with Gasteiger partial charge >= 0.3 is 34.9 Å². The van der Waals surface area contributed by atoms with E-state index in [1.807, 2.05) is 6.92 Å². The van der Waals surface area contributed by atoms with Crippen LogP contribution in [0.15, 0.2) is 0 Å². The van der Waals surface area contributed by atoms with E-state index in [1.165, 1.54) is 12.5 Å². The van der Waals surface area contributed by atoms with Crippen molar-refractivity contribution in [1.82, 2.24) is 5.32 Å². The van der Waals surface area contributed by atoms with Crippen LogP contribution in [0.25, 0.3) is 0 Å². The number of carbonyl (C=O) groups excluding carboxylic acids is 1. The van der Waals surface area contributed by atoms with Crippen LogP contribution in [0.5, 0.6) is 0 Å². The second-order valence-electron chi connectivity index (χ2n) is 5.92. The predicted molar refractivity (Wildman–Crippen MR) is 85.7 cm³/mol. The maximum atomic E-state index is 10.5. The SMILES string of the molecule is NCC1(C(=O)O)CCC1.O=BC#CO.[B]C(=O)NC1(C)CCC1. The van der Waals surface area contributed by atoms with E-state index in [2.05, 4.69) is 5.32 Å². The van der Waals surface area contributed by atoms with Crippen LogP contribution in [0, 0.1) is 17.3 Å². The molecule has 0 spiro atoms. The van der Waals surface area contributed by atoms with E-state index in [-0.39, 0.29) is 5.54 Å². The van der Waals surface area contributed by atoms with Crippen molar-refractivity contribution >= 4 is 26.8 Å². The van der Waals surface area contributed by atoms with Gasteiger partial charge in [0.05, 0.1) is 5.41 Å². The molecule has 2 aliphatic carbocycles. The Morgan fingerprint density at radius 2 is 1.83 bits per heavy atom. The maximum Gasteiger partial charge on any atom is 0.200 e. The second-order valence-corrected chi connectivity index (χ2v) is 5.92. The molecular formula is C14H22B2N2O5. The molecule has 2 radical (unpaired) electrons. The fourth-order valence-electron chi connectivity index (χ4n) is 2.26. The third kappa shape index (κ3) is 7.33. The molecule has 23 heavy (non-hydrogen) atoms. The van der Waals surface area contributed by atoms with E-state index in [4.69, 9.17) is 28.5 Å². The predicted octanol–water partition coefficient (Wildman–Crippen LogP) is 0.334. The van der Waals surface area contributed by atoms with E-state index >= 15 is 0 Å². The molecule has 0 unspecified atom stereocenters. The Morgan fingerprint density at radius 3 is 1.87 bits per heavy atom. The summed E-state index contributed by atoms with van der Waals surface area (Å²) in [7, 11) is 5.26. The molecule has 2 fully saturated rings. The molecule has 0 aromatic heterocycles. The molecule has 0 saturated heterocycles. The molecule has 0 aromatic rings. The summed E-state index contributed by atoms with van der Waals surface area (Å²) in [6, 6.07) is 0. The Hall–Kier alpha value is -1.81. The maximum absolute atomic E-state index is 10.5. The van der Waals surface area contributed by atoms with Crippen LogP contribution in [0.2, 0.25) is 0 Å². The van der Waals surface area contributed by atoms with Gasteiger partial charge in [0.1, 0.15) is 0 Å². The van der Waals surface area contributed by atoms with Gasteiger partial charge in [0.25, 0.3) is 0 Å². The summed E-state index contributed by atoms with van der Waals surface area (Å²) in [6.07, 6.45) is 7.28. The minimum atomic E-state index is -0.726. The van der Waals surface area contributed by atoms with Crippen LogP contribution in [0.3, 0.4) is 0 Å². The van der Waals surface area contributed by atoms with Crippen LogP contribution in [0.4, 0.5) is 4.79 Å². The van der Waals surface area contributed by atoms with Gasteiger partial charge < -0.3 is 16.2 Å². The van der Waals surface area contributed by atoms with Crippen LogP contribution in [0.1, 0.15) is 45.4 Å². The van der Waals surface area contributed by atoms with Gasteiger partial charge in [-0.25, -0.2) is 0 Å². The number of hydrogen-bond donors (Lipinski definition) is 4. The number of aliphatic hydroxyl groups is 1. The number of nitrogens with two attached hydrogens (primary N) is 1. The van der Waals surface area contributed by atoms with Crippen molar-refractivity contribution in [3.05, 3.63) is 0 Å². The van der Waals surface area contributed by atoms with Gasteiger partial charge in [-0.05, 0) is 39.0 Å². The molecule has 2 rings (SSSR count). The molecule has 124 valence electrons. The first-order valence-corrected chi connectivity index (χ1v) is 7.34. The van der Waals surface area contributed by atoms with E-state index in [0.29, 0.717) is 13.7 Å². The second kappa shape index (κ2) is 10.1. The first-order valence-electron chi connectivity index (χ1n) is 7.34. The molecule has 0 aromatic carbocycles.